The number of hydrogen-bond donors (Lipinski definition) is 1. The molecule has 0 aromatic rings. The summed E-state index contributed by atoms with van der Waals surface area (Å²) in [5.41, 5.74) is 0. The maximum atomic E-state index is 3.86. The molecule has 0 aliphatic heterocycles. The Hall–Kier alpha value is -0.0400. The fourth-order valence-electron chi connectivity index (χ4n) is 2.87. The van der Waals surface area contributed by atoms with Gasteiger partial charge in [-0.05, 0) is 25.7 Å². The molecule has 0 aromatic heterocycles. The Bertz CT molecular complexity index is 116. The van der Waals surface area contributed by atoms with Crippen LogP contribution in [-0.2, 0) is 0 Å². The van der Waals surface area contributed by atoms with E-state index in [1.165, 1.54) is 64.2 Å². The smallest absolute Gasteiger partial charge is 0.00696 e. The van der Waals surface area contributed by atoms with Crippen molar-refractivity contribution in [3.05, 3.63) is 0 Å². The van der Waals surface area contributed by atoms with Gasteiger partial charge in [-0.15, -0.1) is 0 Å². The van der Waals surface area contributed by atoms with Crippen LogP contribution >= 0.6 is 0 Å². The Morgan fingerprint density at radius 1 is 0.529 bits per heavy atom. The molecule has 17 heavy (non-hydrogen) atoms. The number of nitrogens with one attached hydrogen (secondary N) is 1. The molecule has 0 radical (unpaired) electrons. The molecule has 0 aromatic carbocycles. The van der Waals surface area contributed by atoms with Crippen LogP contribution in [0.25, 0.3) is 0 Å². The molecule has 0 unspecified atom stereocenters. The third kappa shape index (κ3) is 7.81. The molecule has 0 atom stereocenters. The lowest BCUT2D eigenvalue weighted by molar-refractivity contribution is 0.291. The number of hydrogen-bond acceptors (Lipinski definition) is 1. The molecule has 2 aliphatic carbocycles. The van der Waals surface area contributed by atoms with Crippen molar-refractivity contribution in [2.75, 3.05) is 0 Å². The molecule has 0 bridgehead atoms. The van der Waals surface area contributed by atoms with Gasteiger partial charge in [-0.3, -0.25) is 0 Å². The van der Waals surface area contributed by atoms with E-state index in [4.69, 9.17) is 0 Å². The lowest BCUT2D eigenvalue weighted by Crippen LogP contribution is -2.40. The van der Waals surface area contributed by atoms with Gasteiger partial charge in [0.15, 0.2) is 0 Å². The van der Waals surface area contributed by atoms with Crippen LogP contribution in [0.3, 0.4) is 0 Å². The van der Waals surface area contributed by atoms with Gasteiger partial charge in [-0.1, -0.05) is 66.2 Å². The van der Waals surface area contributed by atoms with Crippen molar-refractivity contribution in [1.82, 2.24) is 5.32 Å². The standard InChI is InChI=1S/C12H23N.2C2H6/c1-3-7-11(8-4-1)13-12-9-5-2-6-10-12;2*1-2/h11-13H,1-10H2;2*1-2H3. The van der Waals surface area contributed by atoms with Crippen LogP contribution in [0.4, 0.5) is 0 Å². The van der Waals surface area contributed by atoms with Crippen LogP contribution in [0, 0.1) is 0 Å². The first-order valence-electron chi connectivity index (χ1n) is 8.21. The SMILES string of the molecule is C1CCC(NC2CCCCC2)CC1.CC.CC. The second-order valence-electron chi connectivity index (χ2n) is 4.84. The quantitative estimate of drug-likeness (QED) is 0.692. The van der Waals surface area contributed by atoms with Crippen LogP contribution in [0.2, 0.25) is 0 Å². The molecule has 0 amide bonds. The summed E-state index contributed by atoms with van der Waals surface area (Å²) >= 11 is 0. The van der Waals surface area contributed by atoms with Gasteiger partial charge in [0, 0.05) is 12.1 Å². The summed E-state index contributed by atoms with van der Waals surface area (Å²) < 4.78 is 0. The number of rotatable bonds is 2. The molecule has 1 heteroatoms. The summed E-state index contributed by atoms with van der Waals surface area (Å²) in [6.45, 7) is 8.00. The van der Waals surface area contributed by atoms with Crippen LogP contribution in [0.5, 0.6) is 0 Å². The van der Waals surface area contributed by atoms with Gasteiger partial charge >= 0.3 is 0 Å². The normalized spacial score (nSPS) is 21.9. The highest BCUT2D eigenvalue weighted by Crippen LogP contribution is 2.22. The van der Waals surface area contributed by atoms with E-state index < -0.39 is 0 Å². The molecule has 1 nitrogen and oxygen atoms in total. The van der Waals surface area contributed by atoms with Crippen molar-refractivity contribution in [2.24, 2.45) is 0 Å². The Labute approximate surface area is 110 Å². The third-order valence-corrected chi connectivity index (χ3v) is 3.68. The monoisotopic (exact) mass is 241 g/mol. The minimum atomic E-state index is 0.872. The molecule has 2 fully saturated rings. The van der Waals surface area contributed by atoms with E-state index in [1.807, 2.05) is 27.7 Å². The highest BCUT2D eigenvalue weighted by molar-refractivity contribution is 4.79. The van der Waals surface area contributed by atoms with Gasteiger partial charge in [0.1, 0.15) is 0 Å². The summed E-state index contributed by atoms with van der Waals surface area (Å²) in [6, 6.07) is 1.74. The molecule has 2 aliphatic rings. The third-order valence-electron chi connectivity index (χ3n) is 3.68. The van der Waals surface area contributed by atoms with Crippen molar-refractivity contribution in [2.45, 2.75) is 104 Å². The maximum absolute atomic E-state index is 3.86. The van der Waals surface area contributed by atoms with Gasteiger partial charge in [-0.25, -0.2) is 0 Å². The molecular weight excluding hydrogens is 206 g/mol. The molecule has 104 valence electrons. The Morgan fingerprint density at radius 2 is 0.824 bits per heavy atom. The van der Waals surface area contributed by atoms with E-state index in [9.17, 15) is 0 Å². The van der Waals surface area contributed by atoms with E-state index in [1.54, 1.807) is 0 Å². The average molecular weight is 241 g/mol. The summed E-state index contributed by atoms with van der Waals surface area (Å²) in [7, 11) is 0. The predicted molar refractivity (Wildman–Crippen MR) is 79.6 cm³/mol. The van der Waals surface area contributed by atoms with Crippen LogP contribution in [-0.4, -0.2) is 12.1 Å². The van der Waals surface area contributed by atoms with Crippen molar-refractivity contribution in [1.29, 1.82) is 0 Å². The van der Waals surface area contributed by atoms with E-state index in [2.05, 4.69) is 5.32 Å². The highest BCUT2D eigenvalue weighted by Gasteiger charge is 2.19. The fourth-order valence-corrected chi connectivity index (χ4v) is 2.87. The van der Waals surface area contributed by atoms with E-state index in [0.717, 1.165) is 12.1 Å². The molecular formula is C16H35N. The topological polar surface area (TPSA) is 12.0 Å². The Balaban J connectivity index is 0.000000581. The zero-order valence-corrected chi connectivity index (χ0v) is 12.7. The fraction of sp³-hybridized carbons (Fsp3) is 1.00. The van der Waals surface area contributed by atoms with Crippen LogP contribution in [0.15, 0.2) is 0 Å². The average Bonchev–Trinajstić information content (AvgIpc) is 2.45. The molecule has 0 heterocycles. The summed E-state index contributed by atoms with van der Waals surface area (Å²) in [6.07, 6.45) is 14.6. The Morgan fingerprint density at radius 3 is 1.12 bits per heavy atom. The largest absolute Gasteiger partial charge is 0.311 e. The highest BCUT2D eigenvalue weighted by atomic mass is 14.9. The van der Waals surface area contributed by atoms with Crippen molar-refractivity contribution < 1.29 is 0 Å². The first-order valence-corrected chi connectivity index (χ1v) is 8.21. The van der Waals surface area contributed by atoms with E-state index in [-0.39, 0.29) is 0 Å². The molecule has 1 N–H and O–H groups in total. The first-order chi connectivity index (χ1) is 8.45. The maximum Gasteiger partial charge on any atom is 0.00696 e. The van der Waals surface area contributed by atoms with Gasteiger partial charge in [-0.2, -0.15) is 0 Å². The molecule has 2 rings (SSSR count). The van der Waals surface area contributed by atoms with E-state index >= 15 is 0 Å². The lowest BCUT2D eigenvalue weighted by Gasteiger charge is -2.30. The van der Waals surface area contributed by atoms with E-state index in [0.29, 0.717) is 0 Å². The second-order valence-corrected chi connectivity index (χ2v) is 4.84. The minimum Gasteiger partial charge on any atom is -0.311 e. The summed E-state index contributed by atoms with van der Waals surface area (Å²) in [5, 5.41) is 3.86. The lowest BCUT2D eigenvalue weighted by atomic mass is 9.91. The zero-order valence-electron chi connectivity index (χ0n) is 12.7. The van der Waals surface area contributed by atoms with Crippen LogP contribution < -0.4 is 5.32 Å². The van der Waals surface area contributed by atoms with Crippen molar-refractivity contribution in [3.63, 3.8) is 0 Å². The van der Waals surface area contributed by atoms with Crippen molar-refractivity contribution in [3.8, 4) is 0 Å². The Kier molecular flexibility index (Phi) is 12.4. The van der Waals surface area contributed by atoms with Gasteiger partial charge in [0.05, 0.1) is 0 Å². The van der Waals surface area contributed by atoms with Gasteiger partial charge in [0.2, 0.25) is 0 Å². The molecule has 0 spiro atoms. The second kappa shape index (κ2) is 12.4. The van der Waals surface area contributed by atoms with Crippen LogP contribution in [0.1, 0.15) is 91.9 Å². The van der Waals surface area contributed by atoms with Gasteiger partial charge < -0.3 is 5.32 Å². The predicted octanol–water partition coefficient (Wildman–Crippen LogP) is 5.29. The summed E-state index contributed by atoms with van der Waals surface area (Å²) in [4.78, 5) is 0. The molecule has 2 saturated carbocycles. The van der Waals surface area contributed by atoms with Crippen molar-refractivity contribution >= 4 is 0 Å². The molecule has 0 saturated heterocycles. The zero-order chi connectivity index (χ0) is 12.9. The van der Waals surface area contributed by atoms with Gasteiger partial charge in [0.25, 0.3) is 0 Å². The first kappa shape index (κ1) is 17.0. The summed E-state index contributed by atoms with van der Waals surface area (Å²) in [5.74, 6) is 0. The minimum absolute atomic E-state index is 0.872.